The SMILES string of the molecule is C=C(CC(C)NC(=O)CO/C=C/C=C(/Cl)C(=C)C)C(=O)NCC1NC2=C(OC(F)F)C=C1CCC2. The molecule has 2 amide bonds. The van der Waals surface area contributed by atoms with Gasteiger partial charge in [0, 0.05) is 23.2 Å². The number of rotatable bonds is 13. The van der Waals surface area contributed by atoms with E-state index in [9.17, 15) is 18.4 Å². The average Bonchev–Trinajstić information content (AvgIpc) is 3.09. The molecule has 0 spiro atoms. The number of fused-ring (bicyclic) bond motifs is 4. The molecule has 35 heavy (non-hydrogen) atoms. The van der Waals surface area contributed by atoms with Gasteiger partial charge in [-0.05, 0) is 68.9 Å². The van der Waals surface area contributed by atoms with Gasteiger partial charge in [0.05, 0.1) is 18.0 Å². The Morgan fingerprint density at radius 1 is 1.34 bits per heavy atom. The molecule has 7 nitrogen and oxygen atoms in total. The Kier molecular flexibility index (Phi) is 11.0. The maximum atomic E-state index is 12.6. The van der Waals surface area contributed by atoms with Crippen LogP contribution in [0.25, 0.3) is 0 Å². The van der Waals surface area contributed by atoms with Gasteiger partial charge >= 0.3 is 6.61 Å². The molecule has 2 heterocycles. The van der Waals surface area contributed by atoms with Crippen LogP contribution in [0.15, 0.2) is 70.9 Å². The van der Waals surface area contributed by atoms with E-state index in [1.54, 1.807) is 32.1 Å². The van der Waals surface area contributed by atoms with Crippen LogP contribution in [-0.4, -0.2) is 43.7 Å². The first kappa shape index (κ1) is 28.2. The second kappa shape index (κ2) is 13.7. The van der Waals surface area contributed by atoms with Crippen molar-refractivity contribution in [3.8, 4) is 0 Å². The van der Waals surface area contributed by atoms with Gasteiger partial charge in [0.25, 0.3) is 5.91 Å². The second-order valence-electron chi connectivity index (χ2n) is 8.41. The molecule has 1 aliphatic carbocycles. The summed E-state index contributed by atoms with van der Waals surface area (Å²) in [6.07, 6.45) is 8.56. The third-order valence-corrected chi connectivity index (χ3v) is 5.75. The van der Waals surface area contributed by atoms with Crippen molar-refractivity contribution >= 4 is 23.4 Å². The number of carbonyl (C=O) groups is 2. The minimum atomic E-state index is -2.88. The van der Waals surface area contributed by atoms with Crippen LogP contribution in [0.3, 0.4) is 0 Å². The first-order valence-corrected chi connectivity index (χ1v) is 11.6. The van der Waals surface area contributed by atoms with Crippen molar-refractivity contribution < 1.29 is 27.8 Å². The van der Waals surface area contributed by atoms with Crippen molar-refractivity contribution in [2.75, 3.05) is 13.2 Å². The van der Waals surface area contributed by atoms with E-state index in [1.807, 2.05) is 0 Å². The molecule has 3 N–H and O–H groups in total. The fourth-order valence-corrected chi connectivity index (χ4v) is 3.69. The normalized spacial score (nSPS) is 18.5. The largest absolute Gasteiger partial charge is 0.491 e. The zero-order valence-corrected chi connectivity index (χ0v) is 20.7. The first-order chi connectivity index (χ1) is 16.6. The number of allylic oxidation sites excluding steroid dienone is 6. The molecule has 0 aromatic carbocycles. The topological polar surface area (TPSA) is 88.7 Å². The Hall–Kier alpha value is -3.07. The molecule has 2 atom stereocenters. The lowest BCUT2D eigenvalue weighted by molar-refractivity contribution is -0.125. The Morgan fingerprint density at radius 3 is 2.77 bits per heavy atom. The number of amides is 2. The number of hydrogen-bond donors (Lipinski definition) is 3. The summed E-state index contributed by atoms with van der Waals surface area (Å²) in [5, 5.41) is 9.24. The van der Waals surface area contributed by atoms with Crippen LogP contribution in [0.4, 0.5) is 8.78 Å². The average molecular weight is 512 g/mol. The summed E-state index contributed by atoms with van der Waals surface area (Å²) in [5.74, 6) is -0.520. The molecule has 3 aliphatic rings. The molecular formula is C25H32ClF2N3O4. The van der Waals surface area contributed by atoms with Crippen molar-refractivity contribution in [2.45, 2.75) is 58.2 Å². The third-order valence-electron chi connectivity index (χ3n) is 5.31. The number of carbonyl (C=O) groups excluding carboxylic acids is 2. The quantitative estimate of drug-likeness (QED) is 0.195. The van der Waals surface area contributed by atoms with Crippen LogP contribution in [-0.2, 0) is 19.1 Å². The summed E-state index contributed by atoms with van der Waals surface area (Å²) < 4.78 is 35.0. The number of dihydropyridines is 1. The lowest BCUT2D eigenvalue weighted by atomic mass is 10.0. The molecule has 2 unspecified atom stereocenters. The van der Waals surface area contributed by atoms with Crippen LogP contribution in [0.1, 0.15) is 39.5 Å². The predicted molar refractivity (Wildman–Crippen MR) is 131 cm³/mol. The Balaban J connectivity index is 1.73. The van der Waals surface area contributed by atoms with Crippen LogP contribution < -0.4 is 16.0 Å². The van der Waals surface area contributed by atoms with E-state index in [0.29, 0.717) is 28.3 Å². The molecule has 0 radical (unpaired) electrons. The number of ether oxygens (including phenoxy) is 2. The summed E-state index contributed by atoms with van der Waals surface area (Å²) in [7, 11) is 0. The molecule has 0 aromatic heterocycles. The molecule has 2 bridgehead atoms. The minimum absolute atomic E-state index is 0.163. The van der Waals surface area contributed by atoms with E-state index in [4.69, 9.17) is 16.3 Å². The maximum Gasteiger partial charge on any atom is 0.387 e. The van der Waals surface area contributed by atoms with E-state index in [1.165, 1.54) is 6.26 Å². The van der Waals surface area contributed by atoms with E-state index in [2.05, 4.69) is 33.8 Å². The van der Waals surface area contributed by atoms with Crippen LogP contribution >= 0.6 is 11.6 Å². The standard InChI is InChI=1S/C25H32ClF2N3O4/c1-15(2)19(26)8-6-10-34-14-23(32)30-17(4)11-16(3)24(33)29-13-21-18-7-5-9-20(31-21)22(12-18)35-25(27)28/h6,8,10,12,17,21,25,31H,1,3,5,7,9,11,13-14H2,2,4H3,(H,29,33)(H,30,32)/b10-6+,19-8+. The molecule has 0 saturated carbocycles. The Labute approximate surface area is 209 Å². The number of halogens is 3. The van der Waals surface area contributed by atoms with Crippen LogP contribution in [0.5, 0.6) is 0 Å². The van der Waals surface area contributed by atoms with Crippen molar-refractivity contribution in [3.05, 3.63) is 70.9 Å². The third kappa shape index (κ3) is 9.60. The van der Waals surface area contributed by atoms with Gasteiger partial charge in [-0.25, -0.2) is 0 Å². The van der Waals surface area contributed by atoms with Crippen molar-refractivity contribution in [2.24, 2.45) is 0 Å². The van der Waals surface area contributed by atoms with Gasteiger partial charge in [-0.15, -0.1) is 0 Å². The number of hydrogen-bond acceptors (Lipinski definition) is 5. The Morgan fingerprint density at radius 2 is 2.09 bits per heavy atom. The molecule has 192 valence electrons. The van der Waals surface area contributed by atoms with E-state index in [0.717, 1.165) is 18.4 Å². The Bertz CT molecular complexity index is 956. The molecule has 2 aliphatic heterocycles. The van der Waals surface area contributed by atoms with Crippen LogP contribution in [0.2, 0.25) is 0 Å². The zero-order valence-electron chi connectivity index (χ0n) is 20.0. The van der Waals surface area contributed by atoms with E-state index in [-0.39, 0.29) is 49.2 Å². The highest BCUT2D eigenvalue weighted by Gasteiger charge is 2.28. The van der Waals surface area contributed by atoms with Crippen LogP contribution in [0, 0.1) is 0 Å². The summed E-state index contributed by atoms with van der Waals surface area (Å²) in [4.78, 5) is 24.5. The molecule has 1 saturated heterocycles. The highest BCUT2D eigenvalue weighted by Crippen LogP contribution is 2.30. The van der Waals surface area contributed by atoms with Gasteiger partial charge in [0.2, 0.25) is 5.91 Å². The van der Waals surface area contributed by atoms with Gasteiger partial charge in [-0.1, -0.05) is 24.8 Å². The molecule has 10 heteroatoms. The highest BCUT2D eigenvalue weighted by atomic mass is 35.5. The number of nitrogens with one attached hydrogen (secondary N) is 3. The smallest absolute Gasteiger partial charge is 0.387 e. The zero-order chi connectivity index (χ0) is 26.0. The second-order valence-corrected chi connectivity index (χ2v) is 8.82. The lowest BCUT2D eigenvalue weighted by Crippen LogP contribution is -2.43. The van der Waals surface area contributed by atoms with Gasteiger partial charge in [-0.2, -0.15) is 8.78 Å². The minimum Gasteiger partial charge on any atom is -0.491 e. The molecule has 0 aromatic rings. The van der Waals surface area contributed by atoms with E-state index >= 15 is 0 Å². The first-order valence-electron chi connectivity index (χ1n) is 11.3. The lowest BCUT2D eigenvalue weighted by Gasteiger charge is -2.27. The van der Waals surface area contributed by atoms with Crippen molar-refractivity contribution in [3.63, 3.8) is 0 Å². The fourth-order valence-electron chi connectivity index (χ4n) is 3.62. The van der Waals surface area contributed by atoms with Crippen molar-refractivity contribution in [1.29, 1.82) is 0 Å². The summed E-state index contributed by atoms with van der Waals surface area (Å²) in [5.41, 5.74) is 2.55. The molecular weight excluding hydrogens is 480 g/mol. The van der Waals surface area contributed by atoms with Gasteiger partial charge in [0.1, 0.15) is 5.76 Å². The molecule has 1 fully saturated rings. The highest BCUT2D eigenvalue weighted by molar-refractivity contribution is 6.31. The molecule has 3 rings (SSSR count). The monoisotopic (exact) mass is 511 g/mol. The van der Waals surface area contributed by atoms with Gasteiger partial charge in [0.15, 0.2) is 6.61 Å². The van der Waals surface area contributed by atoms with Crippen molar-refractivity contribution in [1.82, 2.24) is 16.0 Å². The fraction of sp³-hybridized carbons (Fsp3) is 0.440. The summed E-state index contributed by atoms with van der Waals surface area (Å²) in [6, 6.07) is -0.531. The summed E-state index contributed by atoms with van der Waals surface area (Å²) >= 11 is 5.91. The van der Waals surface area contributed by atoms with E-state index < -0.39 is 6.61 Å². The maximum absolute atomic E-state index is 12.6. The predicted octanol–water partition coefficient (Wildman–Crippen LogP) is 4.32. The number of alkyl halides is 2. The van der Waals surface area contributed by atoms with Gasteiger partial charge in [-0.3, -0.25) is 9.59 Å². The van der Waals surface area contributed by atoms with Gasteiger partial charge < -0.3 is 25.4 Å². The summed E-state index contributed by atoms with van der Waals surface area (Å²) in [6.45, 7) is 8.25.